The average Bonchev–Trinajstić information content (AvgIpc) is 3.26. The number of aromatic nitrogens is 1. The molecule has 1 aromatic heterocycles. The minimum atomic E-state index is -1.09. The van der Waals surface area contributed by atoms with Crippen LogP contribution in [0.3, 0.4) is 0 Å². The fourth-order valence-electron chi connectivity index (χ4n) is 2.99. The van der Waals surface area contributed by atoms with Crippen molar-refractivity contribution < 1.29 is 19.5 Å². The number of carbonyl (C=O) groups is 3. The fourth-order valence-corrected chi connectivity index (χ4v) is 3.69. The van der Waals surface area contributed by atoms with Crippen LogP contribution in [0.4, 0.5) is 5.69 Å². The quantitative estimate of drug-likeness (QED) is 0.807. The molecule has 2 amide bonds. The van der Waals surface area contributed by atoms with Crippen molar-refractivity contribution in [3.8, 4) is 0 Å². The smallest absolute Gasteiger partial charge is 0.355 e. The Hall–Kier alpha value is -2.74. The molecule has 7 nitrogen and oxygen atoms in total. The van der Waals surface area contributed by atoms with Crippen LogP contribution in [0.1, 0.15) is 34.4 Å². The predicted octanol–water partition coefficient (Wildman–Crippen LogP) is 2.07. The molecule has 1 fully saturated rings. The summed E-state index contributed by atoms with van der Waals surface area (Å²) in [4.78, 5) is 41.2. The number of nitrogens with one attached hydrogen (secondary N) is 1. The first-order valence-corrected chi connectivity index (χ1v) is 9.21. The summed E-state index contributed by atoms with van der Waals surface area (Å²) in [5, 5.41) is 13.6. The van der Waals surface area contributed by atoms with E-state index in [2.05, 4.69) is 10.3 Å². The van der Waals surface area contributed by atoms with Crippen LogP contribution < -0.4 is 10.2 Å². The maximum atomic E-state index is 12.4. The van der Waals surface area contributed by atoms with Gasteiger partial charge in [-0.05, 0) is 18.1 Å². The highest BCUT2D eigenvalue weighted by Gasteiger charge is 2.35. The molecule has 0 bridgehead atoms. The summed E-state index contributed by atoms with van der Waals surface area (Å²) in [5.41, 5.74) is 1.91. The zero-order valence-electron chi connectivity index (χ0n) is 14.3. The number of para-hydroxylation sites is 1. The highest BCUT2D eigenvalue weighted by molar-refractivity contribution is 7.09. The zero-order valence-corrected chi connectivity index (χ0v) is 15.1. The van der Waals surface area contributed by atoms with E-state index >= 15 is 0 Å². The molecule has 2 N–H and O–H groups in total. The molecule has 136 valence electrons. The van der Waals surface area contributed by atoms with Gasteiger partial charge < -0.3 is 15.3 Å². The van der Waals surface area contributed by atoms with E-state index in [1.807, 2.05) is 31.2 Å². The Kier molecular flexibility index (Phi) is 5.32. The second-order valence-corrected chi connectivity index (χ2v) is 6.98. The molecule has 0 spiro atoms. The van der Waals surface area contributed by atoms with Gasteiger partial charge in [-0.3, -0.25) is 9.59 Å². The monoisotopic (exact) mass is 373 g/mol. The van der Waals surface area contributed by atoms with Crippen LogP contribution in [0.25, 0.3) is 0 Å². The molecule has 1 aliphatic rings. The summed E-state index contributed by atoms with van der Waals surface area (Å²) < 4.78 is 0. The number of amides is 2. The lowest BCUT2D eigenvalue weighted by molar-refractivity contribution is -0.126. The molecule has 0 saturated carbocycles. The van der Waals surface area contributed by atoms with Gasteiger partial charge in [-0.2, -0.15) is 0 Å². The van der Waals surface area contributed by atoms with Crippen LogP contribution in [0.2, 0.25) is 0 Å². The molecular weight excluding hydrogens is 354 g/mol. The minimum absolute atomic E-state index is 0.0300. The van der Waals surface area contributed by atoms with Crippen LogP contribution in [-0.2, 0) is 22.6 Å². The van der Waals surface area contributed by atoms with Crippen molar-refractivity contribution in [2.24, 2.45) is 5.92 Å². The largest absolute Gasteiger partial charge is 0.476 e. The fraction of sp³-hybridized carbons (Fsp3) is 0.333. The van der Waals surface area contributed by atoms with E-state index in [9.17, 15) is 14.4 Å². The van der Waals surface area contributed by atoms with Gasteiger partial charge in [0.15, 0.2) is 5.69 Å². The van der Waals surface area contributed by atoms with E-state index in [4.69, 9.17) is 5.11 Å². The summed E-state index contributed by atoms with van der Waals surface area (Å²) in [7, 11) is 0. The summed E-state index contributed by atoms with van der Waals surface area (Å²) in [6.07, 6.45) is 0.981. The second kappa shape index (κ2) is 7.65. The topological polar surface area (TPSA) is 99.6 Å². The summed E-state index contributed by atoms with van der Waals surface area (Å²) in [6, 6.07) is 7.71. The van der Waals surface area contributed by atoms with Crippen LogP contribution in [-0.4, -0.2) is 34.4 Å². The molecule has 8 heteroatoms. The van der Waals surface area contributed by atoms with E-state index in [0.29, 0.717) is 11.6 Å². The highest BCUT2D eigenvalue weighted by Crippen LogP contribution is 2.28. The van der Waals surface area contributed by atoms with Gasteiger partial charge in [0.2, 0.25) is 11.8 Å². The zero-order chi connectivity index (χ0) is 18.7. The number of aryl methyl sites for hydroxylation is 1. The lowest BCUT2D eigenvalue weighted by Crippen LogP contribution is -2.32. The molecule has 1 aromatic carbocycles. The maximum absolute atomic E-state index is 12.4. The number of hydrogen-bond acceptors (Lipinski definition) is 5. The van der Waals surface area contributed by atoms with Crippen LogP contribution in [0.15, 0.2) is 29.6 Å². The van der Waals surface area contributed by atoms with Gasteiger partial charge in [-0.25, -0.2) is 9.78 Å². The van der Waals surface area contributed by atoms with Gasteiger partial charge in [0.25, 0.3) is 0 Å². The highest BCUT2D eigenvalue weighted by atomic mass is 32.1. The van der Waals surface area contributed by atoms with Gasteiger partial charge >= 0.3 is 5.97 Å². The third-order valence-corrected chi connectivity index (χ3v) is 5.19. The molecule has 2 aromatic rings. The van der Waals surface area contributed by atoms with Crippen molar-refractivity contribution in [3.05, 3.63) is 45.9 Å². The SMILES string of the molecule is CCc1ccccc1N1C[C@@H](C(=O)NCc2nc(C(=O)O)cs2)CC1=O. The molecule has 3 rings (SSSR count). The maximum Gasteiger partial charge on any atom is 0.355 e. The first-order chi connectivity index (χ1) is 12.5. The number of carboxylic acids is 1. The Labute approximate surface area is 154 Å². The molecule has 1 saturated heterocycles. The molecule has 0 unspecified atom stereocenters. The van der Waals surface area contributed by atoms with E-state index in [1.54, 1.807) is 4.90 Å². The number of nitrogens with zero attached hydrogens (tertiary/aromatic N) is 2. The predicted molar refractivity (Wildman–Crippen MR) is 97.2 cm³/mol. The number of benzene rings is 1. The third kappa shape index (κ3) is 3.75. The average molecular weight is 373 g/mol. The molecule has 1 atom stereocenters. The van der Waals surface area contributed by atoms with Crippen molar-refractivity contribution in [3.63, 3.8) is 0 Å². The number of hydrogen-bond donors (Lipinski definition) is 2. The Morgan fingerprint density at radius 2 is 2.15 bits per heavy atom. The van der Waals surface area contributed by atoms with Gasteiger partial charge in [0, 0.05) is 24.0 Å². The molecule has 1 aliphatic heterocycles. The normalized spacial score (nSPS) is 16.7. The Morgan fingerprint density at radius 1 is 1.38 bits per heavy atom. The van der Waals surface area contributed by atoms with Gasteiger partial charge in [-0.15, -0.1) is 11.3 Å². The number of carboxylic acid groups (broad SMARTS) is 1. The molecule has 0 radical (unpaired) electrons. The van der Waals surface area contributed by atoms with Gasteiger partial charge in [-0.1, -0.05) is 25.1 Å². The van der Waals surface area contributed by atoms with E-state index in [0.717, 1.165) is 17.7 Å². The van der Waals surface area contributed by atoms with E-state index in [-0.39, 0.29) is 30.5 Å². The number of carbonyl (C=O) groups excluding carboxylic acids is 2. The van der Waals surface area contributed by atoms with Crippen LogP contribution in [0.5, 0.6) is 0 Å². The molecular formula is C18H19N3O4S. The number of rotatable bonds is 6. The summed E-state index contributed by atoms with van der Waals surface area (Å²) >= 11 is 1.18. The molecule has 26 heavy (non-hydrogen) atoms. The van der Waals surface area contributed by atoms with Crippen molar-refractivity contribution >= 4 is 34.8 Å². The minimum Gasteiger partial charge on any atom is -0.476 e. The van der Waals surface area contributed by atoms with Crippen molar-refractivity contribution in [1.29, 1.82) is 0 Å². The van der Waals surface area contributed by atoms with Gasteiger partial charge in [0.05, 0.1) is 12.5 Å². The first-order valence-electron chi connectivity index (χ1n) is 8.33. The summed E-state index contributed by atoms with van der Waals surface area (Å²) in [6.45, 7) is 2.54. The molecule has 0 aliphatic carbocycles. The lowest BCUT2D eigenvalue weighted by atomic mass is 10.1. The third-order valence-electron chi connectivity index (χ3n) is 4.34. The second-order valence-electron chi connectivity index (χ2n) is 6.04. The van der Waals surface area contributed by atoms with Crippen molar-refractivity contribution in [1.82, 2.24) is 10.3 Å². The Morgan fingerprint density at radius 3 is 2.85 bits per heavy atom. The Bertz CT molecular complexity index is 848. The number of thiazole rings is 1. The lowest BCUT2D eigenvalue weighted by Gasteiger charge is -2.19. The van der Waals surface area contributed by atoms with Crippen LogP contribution >= 0.6 is 11.3 Å². The van der Waals surface area contributed by atoms with Crippen molar-refractivity contribution in [2.75, 3.05) is 11.4 Å². The van der Waals surface area contributed by atoms with Crippen molar-refractivity contribution in [2.45, 2.75) is 26.3 Å². The molecule has 2 heterocycles. The summed E-state index contributed by atoms with van der Waals surface area (Å²) in [5.74, 6) is -1.80. The van der Waals surface area contributed by atoms with E-state index < -0.39 is 11.9 Å². The standard InChI is InChI=1S/C18H19N3O4S/c1-2-11-5-3-4-6-14(11)21-9-12(7-16(21)22)17(23)19-8-15-20-13(10-26-15)18(24)25/h3-6,10,12H,2,7-9H2,1H3,(H,19,23)(H,24,25)/t12-/m0/s1. The van der Waals surface area contributed by atoms with Crippen LogP contribution in [0, 0.1) is 5.92 Å². The first kappa shape index (κ1) is 18.1. The number of aromatic carboxylic acids is 1. The van der Waals surface area contributed by atoms with Gasteiger partial charge in [0.1, 0.15) is 5.01 Å². The number of anilines is 1. The van der Waals surface area contributed by atoms with E-state index in [1.165, 1.54) is 16.7 Å². The Balaban J connectivity index is 1.62.